The summed E-state index contributed by atoms with van der Waals surface area (Å²) < 4.78 is 38.3. The Hall–Kier alpha value is -2.11. The van der Waals surface area contributed by atoms with Gasteiger partial charge in [0.25, 0.3) is 0 Å². The minimum Gasteiger partial charge on any atom is -0.356 e. The minimum atomic E-state index is -4.51. The van der Waals surface area contributed by atoms with Gasteiger partial charge in [-0.3, -0.25) is 0 Å². The number of alkyl halides is 3. The average molecular weight is 321 g/mol. The molecule has 0 N–H and O–H groups in total. The Kier molecular flexibility index (Phi) is 4.50. The maximum absolute atomic E-state index is 12.8. The van der Waals surface area contributed by atoms with E-state index in [1.165, 1.54) is 11.8 Å². The zero-order chi connectivity index (χ0) is 16.3. The molecule has 6 heteroatoms. The molecule has 0 unspecified atom stereocenters. The Labute approximate surface area is 133 Å². The van der Waals surface area contributed by atoms with Gasteiger partial charge in [-0.15, -0.1) is 0 Å². The van der Waals surface area contributed by atoms with Gasteiger partial charge in [0.05, 0.1) is 0 Å². The van der Waals surface area contributed by atoms with E-state index in [2.05, 4.69) is 22.1 Å². The van der Waals surface area contributed by atoms with Crippen LogP contribution in [0.15, 0.2) is 42.6 Å². The molecule has 0 aliphatic carbocycles. The fourth-order valence-corrected chi connectivity index (χ4v) is 3.05. The van der Waals surface area contributed by atoms with Crippen LogP contribution in [-0.4, -0.2) is 23.1 Å². The van der Waals surface area contributed by atoms with E-state index in [0.717, 1.165) is 25.8 Å². The van der Waals surface area contributed by atoms with E-state index in [1.807, 2.05) is 23.1 Å². The van der Waals surface area contributed by atoms with Gasteiger partial charge in [0, 0.05) is 19.3 Å². The highest BCUT2D eigenvalue weighted by molar-refractivity contribution is 5.38. The molecule has 3 nitrogen and oxygen atoms in total. The van der Waals surface area contributed by atoms with E-state index in [1.54, 1.807) is 6.07 Å². The summed E-state index contributed by atoms with van der Waals surface area (Å²) in [5.74, 6) is -0.259. The molecule has 0 saturated carbocycles. The Bertz CT molecular complexity index is 643. The second-order valence-corrected chi connectivity index (χ2v) is 5.76. The van der Waals surface area contributed by atoms with Crippen molar-refractivity contribution >= 4 is 5.82 Å². The smallest absolute Gasteiger partial charge is 0.356 e. The number of rotatable bonds is 2. The van der Waals surface area contributed by atoms with Gasteiger partial charge in [0.1, 0.15) is 5.82 Å². The third-order valence-corrected chi connectivity index (χ3v) is 4.22. The number of hydrogen-bond acceptors (Lipinski definition) is 3. The molecule has 1 aliphatic heterocycles. The van der Waals surface area contributed by atoms with Crippen LogP contribution in [0.5, 0.6) is 0 Å². The van der Waals surface area contributed by atoms with E-state index in [-0.39, 0.29) is 0 Å². The zero-order valence-electron chi connectivity index (χ0n) is 12.6. The SMILES string of the molecule is FC(F)(F)c1nccc(N2CCC[C@@H](c3ccccc3)CC2)n1. The second-order valence-electron chi connectivity index (χ2n) is 5.76. The zero-order valence-corrected chi connectivity index (χ0v) is 12.6. The number of halogens is 3. The lowest BCUT2D eigenvalue weighted by Gasteiger charge is -2.22. The molecular formula is C17H18F3N3. The van der Waals surface area contributed by atoms with E-state index in [9.17, 15) is 13.2 Å². The summed E-state index contributed by atoms with van der Waals surface area (Å²) in [4.78, 5) is 8.96. The van der Waals surface area contributed by atoms with Crippen molar-refractivity contribution in [2.75, 3.05) is 18.0 Å². The molecule has 23 heavy (non-hydrogen) atoms. The molecule has 1 saturated heterocycles. The summed E-state index contributed by atoms with van der Waals surface area (Å²) in [6, 6.07) is 11.8. The van der Waals surface area contributed by atoms with Gasteiger partial charge in [0.2, 0.25) is 5.82 Å². The summed E-state index contributed by atoms with van der Waals surface area (Å²) >= 11 is 0. The molecule has 1 atom stereocenters. The Morgan fingerprint density at radius 3 is 2.52 bits per heavy atom. The van der Waals surface area contributed by atoms with E-state index in [0.29, 0.717) is 18.3 Å². The van der Waals surface area contributed by atoms with Crippen LogP contribution in [0.4, 0.5) is 19.0 Å². The van der Waals surface area contributed by atoms with E-state index < -0.39 is 12.0 Å². The summed E-state index contributed by atoms with van der Waals surface area (Å²) in [6.07, 6.45) is -0.433. The second kappa shape index (κ2) is 6.56. The standard InChI is InChI=1S/C17H18F3N3/c18-17(19,20)16-21-10-8-15(22-16)23-11-4-7-14(9-12-23)13-5-2-1-3-6-13/h1-3,5-6,8,10,14H,4,7,9,11-12H2/t14-/m1/s1. The first-order valence-corrected chi connectivity index (χ1v) is 7.74. The van der Waals surface area contributed by atoms with Crippen molar-refractivity contribution in [3.63, 3.8) is 0 Å². The number of hydrogen-bond donors (Lipinski definition) is 0. The molecule has 3 rings (SSSR count). The van der Waals surface area contributed by atoms with Crippen molar-refractivity contribution in [1.82, 2.24) is 9.97 Å². The van der Waals surface area contributed by atoms with Crippen LogP contribution in [0.25, 0.3) is 0 Å². The molecule has 2 heterocycles. The Balaban J connectivity index is 1.73. The first-order valence-electron chi connectivity index (χ1n) is 7.74. The lowest BCUT2D eigenvalue weighted by molar-refractivity contribution is -0.144. The maximum Gasteiger partial charge on any atom is 0.451 e. The van der Waals surface area contributed by atoms with E-state index in [4.69, 9.17) is 0 Å². The van der Waals surface area contributed by atoms with Crippen LogP contribution < -0.4 is 4.90 Å². The molecule has 0 bridgehead atoms. The largest absolute Gasteiger partial charge is 0.451 e. The molecule has 2 aromatic rings. The number of anilines is 1. The highest BCUT2D eigenvalue weighted by atomic mass is 19.4. The monoisotopic (exact) mass is 321 g/mol. The average Bonchev–Trinajstić information content (AvgIpc) is 2.81. The molecule has 1 aromatic carbocycles. The quantitative estimate of drug-likeness (QED) is 0.827. The summed E-state index contributed by atoms with van der Waals surface area (Å²) in [7, 11) is 0. The number of nitrogens with zero attached hydrogens (tertiary/aromatic N) is 3. The van der Waals surface area contributed by atoms with Gasteiger partial charge in [-0.05, 0) is 36.8 Å². The van der Waals surface area contributed by atoms with Gasteiger partial charge >= 0.3 is 6.18 Å². The summed E-state index contributed by atoms with van der Waals surface area (Å²) in [6.45, 7) is 1.42. The van der Waals surface area contributed by atoms with Crippen molar-refractivity contribution in [3.8, 4) is 0 Å². The van der Waals surface area contributed by atoms with Gasteiger partial charge < -0.3 is 4.90 Å². The van der Waals surface area contributed by atoms with E-state index >= 15 is 0 Å². The number of aromatic nitrogens is 2. The van der Waals surface area contributed by atoms with Crippen LogP contribution in [0.2, 0.25) is 0 Å². The van der Waals surface area contributed by atoms with Crippen molar-refractivity contribution < 1.29 is 13.2 Å². The van der Waals surface area contributed by atoms with Crippen LogP contribution in [-0.2, 0) is 6.18 Å². The minimum absolute atomic E-state index is 0.362. The molecule has 1 fully saturated rings. The molecule has 122 valence electrons. The predicted molar refractivity (Wildman–Crippen MR) is 82.3 cm³/mol. The molecule has 1 aromatic heterocycles. The fraction of sp³-hybridized carbons (Fsp3) is 0.412. The van der Waals surface area contributed by atoms with Crippen LogP contribution in [0.1, 0.15) is 36.6 Å². The van der Waals surface area contributed by atoms with Gasteiger partial charge in [-0.25, -0.2) is 9.97 Å². The Morgan fingerprint density at radius 1 is 1.00 bits per heavy atom. The number of benzene rings is 1. The fourth-order valence-electron chi connectivity index (χ4n) is 3.05. The Morgan fingerprint density at radius 2 is 1.78 bits per heavy atom. The maximum atomic E-state index is 12.8. The van der Waals surface area contributed by atoms with Crippen molar-refractivity contribution in [2.45, 2.75) is 31.4 Å². The first-order chi connectivity index (χ1) is 11.0. The van der Waals surface area contributed by atoms with Crippen LogP contribution in [0.3, 0.4) is 0 Å². The lowest BCUT2D eigenvalue weighted by atomic mass is 9.92. The highest BCUT2D eigenvalue weighted by Gasteiger charge is 2.35. The normalized spacial score (nSPS) is 19.4. The lowest BCUT2D eigenvalue weighted by Crippen LogP contribution is -2.26. The van der Waals surface area contributed by atoms with Crippen LogP contribution in [0, 0.1) is 0 Å². The third-order valence-electron chi connectivity index (χ3n) is 4.22. The van der Waals surface area contributed by atoms with Gasteiger partial charge in [0.15, 0.2) is 0 Å². The summed E-state index contributed by atoms with van der Waals surface area (Å²) in [5.41, 5.74) is 1.30. The summed E-state index contributed by atoms with van der Waals surface area (Å²) in [5, 5.41) is 0. The van der Waals surface area contributed by atoms with Crippen molar-refractivity contribution in [1.29, 1.82) is 0 Å². The highest BCUT2D eigenvalue weighted by Crippen LogP contribution is 2.31. The van der Waals surface area contributed by atoms with Crippen LogP contribution >= 0.6 is 0 Å². The first kappa shape index (κ1) is 15.8. The third kappa shape index (κ3) is 3.81. The molecule has 0 spiro atoms. The predicted octanol–water partition coefficient (Wildman–Crippen LogP) is 4.27. The molecule has 0 radical (unpaired) electrons. The van der Waals surface area contributed by atoms with Crippen molar-refractivity contribution in [3.05, 3.63) is 54.0 Å². The van der Waals surface area contributed by atoms with Gasteiger partial charge in [-0.2, -0.15) is 13.2 Å². The van der Waals surface area contributed by atoms with Crippen molar-refractivity contribution in [2.24, 2.45) is 0 Å². The molecular weight excluding hydrogens is 303 g/mol. The molecule has 1 aliphatic rings. The molecule has 0 amide bonds. The topological polar surface area (TPSA) is 29.0 Å². The van der Waals surface area contributed by atoms with Gasteiger partial charge in [-0.1, -0.05) is 30.3 Å².